The second kappa shape index (κ2) is 8.39. The van der Waals surface area contributed by atoms with Crippen molar-refractivity contribution in [2.45, 2.75) is 23.9 Å². The third kappa shape index (κ3) is 3.99. The molecule has 3 aromatic rings. The van der Waals surface area contributed by atoms with E-state index in [2.05, 4.69) is 20.2 Å². The predicted octanol–water partition coefficient (Wildman–Crippen LogP) is 1.85. The van der Waals surface area contributed by atoms with Crippen LogP contribution in [0.1, 0.15) is 24.6 Å². The number of piperidine rings is 1. The minimum absolute atomic E-state index is 0.00910. The first kappa shape index (κ1) is 18.4. The summed E-state index contributed by atoms with van der Waals surface area (Å²) in [4.78, 5) is 35.1. The SMILES string of the molecule is O=C(CSc1ncccn1)N1CCCC(c2n[nH]c(=O)n2-c2ccccc2)C1. The number of aromatic nitrogens is 5. The first-order valence-corrected chi connectivity index (χ1v) is 10.1. The van der Waals surface area contributed by atoms with Gasteiger partial charge in [-0.05, 0) is 31.0 Å². The number of hydrogen-bond donors (Lipinski definition) is 1. The van der Waals surface area contributed by atoms with Gasteiger partial charge in [-0.3, -0.25) is 4.79 Å². The number of nitrogens with one attached hydrogen (secondary N) is 1. The number of thioether (sulfide) groups is 1. The van der Waals surface area contributed by atoms with Gasteiger partial charge < -0.3 is 4.90 Å². The van der Waals surface area contributed by atoms with Gasteiger partial charge in [0.2, 0.25) is 5.91 Å². The molecule has 1 amide bonds. The molecule has 2 aromatic heterocycles. The molecule has 0 aliphatic carbocycles. The number of nitrogens with zero attached hydrogens (tertiary/aromatic N) is 5. The fraction of sp³-hybridized carbons (Fsp3) is 0.316. The van der Waals surface area contributed by atoms with Crippen molar-refractivity contribution in [3.8, 4) is 5.69 Å². The van der Waals surface area contributed by atoms with Gasteiger partial charge in [-0.25, -0.2) is 24.4 Å². The molecule has 1 unspecified atom stereocenters. The van der Waals surface area contributed by atoms with E-state index in [1.165, 1.54) is 11.8 Å². The summed E-state index contributed by atoms with van der Waals surface area (Å²) < 4.78 is 1.60. The third-order valence-corrected chi connectivity index (χ3v) is 5.58. The van der Waals surface area contributed by atoms with Crippen LogP contribution in [0.2, 0.25) is 0 Å². The number of para-hydroxylation sites is 1. The van der Waals surface area contributed by atoms with E-state index in [9.17, 15) is 9.59 Å². The number of benzene rings is 1. The number of carbonyl (C=O) groups is 1. The summed E-state index contributed by atoms with van der Waals surface area (Å²) in [7, 11) is 0. The van der Waals surface area contributed by atoms with Gasteiger partial charge >= 0.3 is 5.69 Å². The molecule has 144 valence electrons. The van der Waals surface area contributed by atoms with E-state index in [1.54, 1.807) is 23.0 Å². The average molecular weight is 396 g/mol. The van der Waals surface area contributed by atoms with Crippen molar-refractivity contribution < 1.29 is 4.79 Å². The Morgan fingerprint density at radius 2 is 1.96 bits per heavy atom. The molecule has 1 aromatic carbocycles. The van der Waals surface area contributed by atoms with Crippen molar-refractivity contribution >= 4 is 17.7 Å². The molecule has 1 saturated heterocycles. The highest BCUT2D eigenvalue weighted by Crippen LogP contribution is 2.27. The maximum atomic E-state index is 12.7. The molecule has 1 fully saturated rings. The molecule has 1 aliphatic heterocycles. The van der Waals surface area contributed by atoms with E-state index in [4.69, 9.17) is 0 Å². The molecule has 8 nitrogen and oxygen atoms in total. The number of likely N-dealkylation sites (tertiary alicyclic amines) is 1. The van der Waals surface area contributed by atoms with Crippen molar-refractivity contribution in [2.24, 2.45) is 0 Å². The maximum absolute atomic E-state index is 12.7. The molecular weight excluding hydrogens is 376 g/mol. The first-order chi connectivity index (χ1) is 13.7. The summed E-state index contributed by atoms with van der Waals surface area (Å²) in [5, 5.41) is 7.41. The maximum Gasteiger partial charge on any atom is 0.347 e. The van der Waals surface area contributed by atoms with E-state index in [1.807, 2.05) is 35.2 Å². The third-order valence-electron chi connectivity index (χ3n) is 4.72. The Morgan fingerprint density at radius 3 is 2.75 bits per heavy atom. The highest BCUT2D eigenvalue weighted by molar-refractivity contribution is 7.99. The molecule has 0 radical (unpaired) electrons. The lowest BCUT2D eigenvalue weighted by Gasteiger charge is -2.32. The van der Waals surface area contributed by atoms with Crippen molar-refractivity contribution in [3.05, 3.63) is 65.1 Å². The van der Waals surface area contributed by atoms with Gasteiger partial charge in [0, 0.05) is 31.4 Å². The van der Waals surface area contributed by atoms with Crippen LogP contribution in [0.15, 0.2) is 58.7 Å². The van der Waals surface area contributed by atoms with Crippen LogP contribution >= 0.6 is 11.8 Å². The fourth-order valence-corrected chi connectivity index (χ4v) is 4.11. The molecule has 4 rings (SSSR count). The number of hydrogen-bond acceptors (Lipinski definition) is 6. The molecule has 0 saturated carbocycles. The second-order valence-corrected chi connectivity index (χ2v) is 7.50. The monoisotopic (exact) mass is 396 g/mol. The molecule has 1 N–H and O–H groups in total. The summed E-state index contributed by atoms with van der Waals surface area (Å²) >= 11 is 1.33. The number of H-pyrrole nitrogens is 1. The summed E-state index contributed by atoms with van der Waals surface area (Å²) in [6.07, 6.45) is 5.09. The smallest absolute Gasteiger partial charge is 0.341 e. The van der Waals surface area contributed by atoms with Crippen LogP contribution in [0.5, 0.6) is 0 Å². The lowest BCUT2D eigenvalue weighted by molar-refractivity contribution is -0.129. The van der Waals surface area contributed by atoms with Crippen LogP contribution in [0.25, 0.3) is 5.69 Å². The van der Waals surface area contributed by atoms with Gasteiger partial charge in [0.25, 0.3) is 0 Å². The van der Waals surface area contributed by atoms with Gasteiger partial charge in [0.1, 0.15) is 5.82 Å². The van der Waals surface area contributed by atoms with Gasteiger partial charge in [-0.2, -0.15) is 5.10 Å². The largest absolute Gasteiger partial charge is 0.347 e. The van der Waals surface area contributed by atoms with E-state index >= 15 is 0 Å². The molecular formula is C19H20N6O2S. The zero-order valence-corrected chi connectivity index (χ0v) is 16.0. The number of aromatic amines is 1. The van der Waals surface area contributed by atoms with Gasteiger partial charge in [-0.15, -0.1) is 0 Å². The fourth-order valence-electron chi connectivity index (χ4n) is 3.40. The van der Waals surface area contributed by atoms with Crippen LogP contribution in [-0.2, 0) is 4.79 Å². The number of rotatable bonds is 5. The summed E-state index contributed by atoms with van der Waals surface area (Å²) in [6.45, 7) is 1.26. The Morgan fingerprint density at radius 1 is 1.18 bits per heavy atom. The normalized spacial score (nSPS) is 16.9. The van der Waals surface area contributed by atoms with Crippen molar-refractivity contribution in [1.29, 1.82) is 0 Å². The van der Waals surface area contributed by atoms with E-state index < -0.39 is 0 Å². The molecule has 3 heterocycles. The number of carbonyl (C=O) groups excluding carboxylic acids is 1. The topological polar surface area (TPSA) is 96.8 Å². The van der Waals surface area contributed by atoms with Crippen LogP contribution < -0.4 is 5.69 Å². The summed E-state index contributed by atoms with van der Waals surface area (Å²) in [5.41, 5.74) is 0.512. The Balaban J connectivity index is 1.47. The first-order valence-electron chi connectivity index (χ1n) is 9.12. The van der Waals surface area contributed by atoms with E-state index in [0.717, 1.165) is 18.5 Å². The van der Waals surface area contributed by atoms with E-state index in [0.29, 0.717) is 29.8 Å². The van der Waals surface area contributed by atoms with Crippen LogP contribution in [-0.4, -0.2) is 54.4 Å². The minimum Gasteiger partial charge on any atom is -0.341 e. The predicted molar refractivity (Wildman–Crippen MR) is 105 cm³/mol. The zero-order chi connectivity index (χ0) is 19.3. The average Bonchev–Trinajstić information content (AvgIpc) is 3.15. The minimum atomic E-state index is -0.263. The highest BCUT2D eigenvalue weighted by atomic mass is 32.2. The summed E-state index contributed by atoms with van der Waals surface area (Å²) in [6, 6.07) is 11.2. The number of amides is 1. The van der Waals surface area contributed by atoms with Crippen molar-refractivity contribution in [2.75, 3.05) is 18.8 Å². The van der Waals surface area contributed by atoms with Gasteiger partial charge in [0.05, 0.1) is 11.4 Å². The van der Waals surface area contributed by atoms with Crippen LogP contribution in [0.3, 0.4) is 0 Å². The zero-order valence-electron chi connectivity index (χ0n) is 15.2. The Bertz CT molecular complexity index is 988. The quantitative estimate of drug-likeness (QED) is 0.522. The standard InChI is InChI=1S/C19H20N6O2S/c26-16(13-28-18-20-9-5-10-21-18)24-11-4-6-14(12-24)17-22-23-19(27)25(17)15-7-2-1-3-8-15/h1-3,5,7-10,14H,4,6,11-13H2,(H,23,27). The Labute approximate surface area is 166 Å². The Hall–Kier alpha value is -2.94. The lowest BCUT2D eigenvalue weighted by atomic mass is 9.97. The lowest BCUT2D eigenvalue weighted by Crippen LogP contribution is -2.41. The molecule has 1 aliphatic rings. The Kier molecular flexibility index (Phi) is 5.52. The molecule has 0 spiro atoms. The molecule has 9 heteroatoms. The van der Waals surface area contributed by atoms with Gasteiger partial charge in [-0.1, -0.05) is 30.0 Å². The molecule has 28 heavy (non-hydrogen) atoms. The van der Waals surface area contributed by atoms with E-state index in [-0.39, 0.29) is 17.5 Å². The summed E-state index contributed by atoms with van der Waals surface area (Å²) in [5.74, 6) is 1.02. The van der Waals surface area contributed by atoms with Crippen molar-refractivity contribution in [3.63, 3.8) is 0 Å². The second-order valence-electron chi connectivity index (χ2n) is 6.56. The van der Waals surface area contributed by atoms with Crippen LogP contribution in [0, 0.1) is 0 Å². The van der Waals surface area contributed by atoms with Crippen molar-refractivity contribution in [1.82, 2.24) is 29.6 Å². The molecule has 0 bridgehead atoms. The van der Waals surface area contributed by atoms with Crippen LogP contribution in [0.4, 0.5) is 0 Å². The highest BCUT2D eigenvalue weighted by Gasteiger charge is 2.29. The van der Waals surface area contributed by atoms with Gasteiger partial charge in [0.15, 0.2) is 5.16 Å². The molecule has 1 atom stereocenters.